The molecule has 0 aromatic heterocycles. The van der Waals surface area contributed by atoms with Crippen LogP contribution in [0.25, 0.3) is 0 Å². The molecule has 0 aromatic rings. The molecule has 2 N–H and O–H groups in total. The minimum atomic E-state index is 0. The second-order valence-corrected chi connectivity index (χ2v) is 4.72. The molecule has 0 aliphatic heterocycles. The van der Waals surface area contributed by atoms with Gasteiger partial charge in [-0.2, -0.15) is 0 Å². The van der Waals surface area contributed by atoms with Gasteiger partial charge in [-0.1, -0.05) is 26.7 Å². The summed E-state index contributed by atoms with van der Waals surface area (Å²) in [4.78, 5) is 4.39. The van der Waals surface area contributed by atoms with Gasteiger partial charge >= 0.3 is 0 Å². The van der Waals surface area contributed by atoms with Crippen molar-refractivity contribution in [1.29, 1.82) is 0 Å². The zero-order chi connectivity index (χ0) is 12.4. The molecule has 3 nitrogen and oxygen atoms in total. The second-order valence-electron chi connectivity index (χ2n) is 4.72. The summed E-state index contributed by atoms with van der Waals surface area (Å²) in [5.74, 6) is 1.76. The molecule has 0 aromatic carbocycles. The third-order valence-electron chi connectivity index (χ3n) is 2.46. The van der Waals surface area contributed by atoms with Crippen LogP contribution in [-0.2, 0) is 0 Å². The molecule has 0 bridgehead atoms. The molecule has 4 heteroatoms. The molecule has 0 amide bonds. The Morgan fingerprint density at radius 1 is 1.12 bits per heavy atom. The standard InChI is InChI=1S/C13H29N3.HI/c1-6-14-13(15-7-2)16-12(5)10-8-9-11(3)4;/h11-12H,6-10H2,1-5H3,(H2,14,15,16);1H. The Morgan fingerprint density at radius 2 is 1.76 bits per heavy atom. The first-order valence-electron chi connectivity index (χ1n) is 6.64. The van der Waals surface area contributed by atoms with Crippen LogP contribution in [0.1, 0.15) is 53.9 Å². The van der Waals surface area contributed by atoms with Gasteiger partial charge in [-0.05, 0) is 33.1 Å². The summed E-state index contributed by atoms with van der Waals surface area (Å²) < 4.78 is 0. The zero-order valence-corrected chi connectivity index (χ0v) is 14.4. The molecule has 0 aliphatic rings. The topological polar surface area (TPSA) is 36.4 Å². The molecule has 0 fully saturated rings. The third kappa shape index (κ3) is 12.2. The summed E-state index contributed by atoms with van der Waals surface area (Å²) in [5, 5.41) is 6.68. The van der Waals surface area contributed by atoms with Gasteiger partial charge in [0.05, 0.1) is 0 Å². The summed E-state index contributed by atoms with van der Waals surface area (Å²) in [6.45, 7) is 12.7. The van der Waals surface area contributed by atoms with E-state index in [9.17, 15) is 0 Å². The van der Waals surface area contributed by atoms with E-state index in [2.05, 4.69) is 50.2 Å². The maximum atomic E-state index is 4.39. The minimum Gasteiger partial charge on any atom is -0.357 e. The molecule has 0 heterocycles. The van der Waals surface area contributed by atoms with Crippen molar-refractivity contribution in [2.45, 2.75) is 59.9 Å². The molecular weight excluding hydrogens is 325 g/mol. The summed E-state index contributed by atoms with van der Waals surface area (Å²) in [6, 6.07) is 0.503. The smallest absolute Gasteiger partial charge is 0.191 e. The third-order valence-corrected chi connectivity index (χ3v) is 2.46. The molecule has 0 aliphatic carbocycles. The number of nitrogens with zero attached hydrogens (tertiary/aromatic N) is 1. The van der Waals surface area contributed by atoms with Crippen molar-refractivity contribution in [3.8, 4) is 0 Å². The first-order chi connectivity index (χ1) is 7.60. The number of hydrogen-bond donors (Lipinski definition) is 2. The van der Waals surface area contributed by atoms with Crippen LogP contribution in [0.15, 0.2) is 4.99 Å². The van der Waals surface area contributed by atoms with Gasteiger partial charge in [0, 0.05) is 19.1 Å². The van der Waals surface area contributed by atoms with E-state index >= 15 is 0 Å². The Morgan fingerprint density at radius 3 is 2.24 bits per heavy atom. The molecule has 0 radical (unpaired) electrons. The Bertz CT molecular complexity index is 193. The van der Waals surface area contributed by atoms with Crippen molar-refractivity contribution >= 4 is 29.9 Å². The summed E-state index contributed by atoms with van der Waals surface area (Å²) >= 11 is 0. The molecule has 1 unspecified atom stereocenters. The Balaban J connectivity index is 0. The van der Waals surface area contributed by atoms with Crippen molar-refractivity contribution in [2.75, 3.05) is 13.1 Å². The van der Waals surface area contributed by atoms with Crippen molar-refractivity contribution < 1.29 is 0 Å². The van der Waals surface area contributed by atoms with Crippen LogP contribution in [0.3, 0.4) is 0 Å². The summed E-state index contributed by atoms with van der Waals surface area (Å²) in [6.07, 6.45) is 3.82. The Kier molecular flexibility index (Phi) is 14.2. The highest BCUT2D eigenvalue weighted by Gasteiger charge is 2.04. The van der Waals surface area contributed by atoms with Crippen molar-refractivity contribution in [1.82, 2.24) is 10.6 Å². The molecule has 0 spiro atoms. The largest absolute Gasteiger partial charge is 0.357 e. The maximum Gasteiger partial charge on any atom is 0.191 e. The number of rotatable bonds is 7. The fourth-order valence-corrected chi connectivity index (χ4v) is 1.62. The van der Waals surface area contributed by atoms with Gasteiger partial charge in [0.2, 0.25) is 0 Å². The number of guanidine groups is 1. The monoisotopic (exact) mass is 355 g/mol. The lowest BCUT2D eigenvalue weighted by Gasteiger charge is -2.17. The maximum absolute atomic E-state index is 4.39. The van der Waals surface area contributed by atoms with E-state index in [4.69, 9.17) is 0 Å². The SMILES string of the molecule is CCN=C(NCC)NC(C)CCCC(C)C.I. The predicted molar refractivity (Wildman–Crippen MR) is 88.4 cm³/mol. The van der Waals surface area contributed by atoms with Crippen LogP contribution in [0.4, 0.5) is 0 Å². The summed E-state index contributed by atoms with van der Waals surface area (Å²) in [5.41, 5.74) is 0. The van der Waals surface area contributed by atoms with Gasteiger partial charge in [0.25, 0.3) is 0 Å². The van der Waals surface area contributed by atoms with Gasteiger partial charge in [-0.25, -0.2) is 0 Å². The van der Waals surface area contributed by atoms with Crippen molar-refractivity contribution in [3.63, 3.8) is 0 Å². The van der Waals surface area contributed by atoms with Crippen LogP contribution in [0.2, 0.25) is 0 Å². The molecule has 17 heavy (non-hydrogen) atoms. The summed E-state index contributed by atoms with van der Waals surface area (Å²) in [7, 11) is 0. The van der Waals surface area contributed by atoms with E-state index in [1.807, 2.05) is 0 Å². The fourth-order valence-electron chi connectivity index (χ4n) is 1.62. The second kappa shape index (κ2) is 12.5. The van der Waals surface area contributed by atoms with E-state index < -0.39 is 0 Å². The average molecular weight is 355 g/mol. The highest BCUT2D eigenvalue weighted by atomic mass is 127. The van der Waals surface area contributed by atoms with Gasteiger partial charge in [0.1, 0.15) is 0 Å². The van der Waals surface area contributed by atoms with Crippen LogP contribution in [0, 0.1) is 5.92 Å². The highest BCUT2D eigenvalue weighted by molar-refractivity contribution is 14.0. The lowest BCUT2D eigenvalue weighted by Crippen LogP contribution is -2.42. The van der Waals surface area contributed by atoms with Crippen molar-refractivity contribution in [2.24, 2.45) is 10.9 Å². The lowest BCUT2D eigenvalue weighted by atomic mass is 10.0. The number of hydrogen-bond acceptors (Lipinski definition) is 1. The molecule has 104 valence electrons. The number of aliphatic imine (C=N–C) groups is 1. The van der Waals surface area contributed by atoms with Gasteiger partial charge in [-0.3, -0.25) is 4.99 Å². The van der Waals surface area contributed by atoms with Crippen LogP contribution >= 0.6 is 24.0 Å². The number of halogens is 1. The van der Waals surface area contributed by atoms with Crippen LogP contribution < -0.4 is 10.6 Å². The Hall–Kier alpha value is 0. The Labute approximate surface area is 124 Å². The predicted octanol–water partition coefficient (Wildman–Crippen LogP) is 3.39. The molecular formula is C13H30IN3. The van der Waals surface area contributed by atoms with Crippen LogP contribution in [-0.4, -0.2) is 25.1 Å². The van der Waals surface area contributed by atoms with Crippen molar-refractivity contribution in [3.05, 3.63) is 0 Å². The number of nitrogens with one attached hydrogen (secondary N) is 2. The molecule has 1 atom stereocenters. The van der Waals surface area contributed by atoms with E-state index in [0.29, 0.717) is 6.04 Å². The minimum absolute atomic E-state index is 0. The van der Waals surface area contributed by atoms with Crippen LogP contribution in [0.5, 0.6) is 0 Å². The zero-order valence-electron chi connectivity index (χ0n) is 12.0. The molecule has 0 saturated carbocycles. The van der Waals surface area contributed by atoms with E-state index in [1.165, 1.54) is 19.3 Å². The molecule has 0 rings (SSSR count). The van der Waals surface area contributed by atoms with E-state index in [-0.39, 0.29) is 24.0 Å². The molecule has 0 saturated heterocycles. The van der Waals surface area contributed by atoms with Gasteiger partial charge in [0.15, 0.2) is 5.96 Å². The quantitative estimate of drug-likeness (QED) is 0.417. The van der Waals surface area contributed by atoms with E-state index in [1.54, 1.807) is 0 Å². The fraction of sp³-hybridized carbons (Fsp3) is 0.923. The van der Waals surface area contributed by atoms with Gasteiger partial charge in [-0.15, -0.1) is 24.0 Å². The lowest BCUT2D eigenvalue weighted by molar-refractivity contribution is 0.491. The normalized spacial score (nSPS) is 13.2. The highest BCUT2D eigenvalue weighted by Crippen LogP contribution is 2.07. The first kappa shape index (κ1) is 19.3. The van der Waals surface area contributed by atoms with Gasteiger partial charge < -0.3 is 10.6 Å². The average Bonchev–Trinajstić information content (AvgIpc) is 2.17. The van der Waals surface area contributed by atoms with E-state index in [0.717, 1.165) is 25.0 Å². The first-order valence-corrected chi connectivity index (χ1v) is 6.64.